The van der Waals surface area contributed by atoms with Crippen LogP contribution in [0.2, 0.25) is 0 Å². The first kappa shape index (κ1) is 17.9. The number of rotatable bonds is 5. The van der Waals surface area contributed by atoms with Gasteiger partial charge in [0.2, 0.25) is 10.0 Å². The molecule has 2 saturated heterocycles. The highest BCUT2D eigenvalue weighted by Crippen LogP contribution is 2.43. The van der Waals surface area contributed by atoms with E-state index in [0.717, 1.165) is 44.5 Å². The molecule has 0 radical (unpaired) electrons. The summed E-state index contributed by atoms with van der Waals surface area (Å²) < 4.78 is 38.6. The Labute approximate surface area is 145 Å². The lowest BCUT2D eigenvalue weighted by molar-refractivity contribution is -0.0603. The van der Waals surface area contributed by atoms with Gasteiger partial charge in [-0.05, 0) is 50.7 Å². The van der Waals surface area contributed by atoms with Crippen LogP contribution < -0.4 is 0 Å². The average Bonchev–Trinajstić information content (AvgIpc) is 2.96. The quantitative estimate of drug-likeness (QED) is 0.816. The summed E-state index contributed by atoms with van der Waals surface area (Å²) in [5.41, 5.74) is 0.907. The second kappa shape index (κ2) is 7.12. The predicted octanol–water partition coefficient (Wildman–Crippen LogP) is 2.59. The number of sulfonamides is 1. The number of methoxy groups -OCH3 is 1. The van der Waals surface area contributed by atoms with E-state index < -0.39 is 10.0 Å². The Morgan fingerprint density at radius 2 is 1.92 bits per heavy atom. The first-order valence-electron chi connectivity index (χ1n) is 8.68. The summed E-state index contributed by atoms with van der Waals surface area (Å²) in [7, 11) is -1.68. The molecule has 1 aromatic rings. The van der Waals surface area contributed by atoms with Crippen LogP contribution >= 0.6 is 0 Å². The van der Waals surface area contributed by atoms with Crippen LogP contribution in [0.25, 0.3) is 0 Å². The molecule has 0 aliphatic carbocycles. The molecule has 2 fully saturated rings. The van der Waals surface area contributed by atoms with Gasteiger partial charge in [-0.15, -0.1) is 0 Å². The predicted molar refractivity (Wildman–Crippen MR) is 92.5 cm³/mol. The third-order valence-electron chi connectivity index (χ3n) is 5.50. The van der Waals surface area contributed by atoms with Crippen molar-refractivity contribution in [2.75, 3.05) is 33.4 Å². The number of hydrogen-bond acceptors (Lipinski definition) is 4. The minimum Gasteiger partial charge on any atom is -0.385 e. The van der Waals surface area contributed by atoms with E-state index >= 15 is 0 Å². The van der Waals surface area contributed by atoms with Crippen LogP contribution in [0.3, 0.4) is 0 Å². The highest BCUT2D eigenvalue weighted by atomic mass is 32.2. The van der Waals surface area contributed by atoms with E-state index in [1.165, 1.54) is 0 Å². The molecule has 6 heteroatoms. The van der Waals surface area contributed by atoms with Crippen molar-refractivity contribution in [2.24, 2.45) is 5.92 Å². The van der Waals surface area contributed by atoms with Crippen LogP contribution in [-0.4, -0.2) is 51.7 Å². The maximum atomic E-state index is 12.8. The van der Waals surface area contributed by atoms with E-state index in [-0.39, 0.29) is 5.60 Å². The summed E-state index contributed by atoms with van der Waals surface area (Å²) in [6.07, 6.45) is 3.58. The molecule has 24 heavy (non-hydrogen) atoms. The van der Waals surface area contributed by atoms with Crippen LogP contribution in [0.1, 0.15) is 31.2 Å². The standard InChI is InChI=1S/C18H27NO4S/c1-15-3-5-17(6-4-15)24(20,21)19-11-9-18(10-12-19)16(7-13-22-2)8-14-23-18/h3-6,16H,7-14H2,1-2H3/t16-/m1/s1. The fourth-order valence-electron chi connectivity index (χ4n) is 3.97. The molecule has 0 N–H and O–H groups in total. The van der Waals surface area contributed by atoms with Gasteiger partial charge in [-0.1, -0.05) is 17.7 Å². The van der Waals surface area contributed by atoms with Crippen LogP contribution in [0.4, 0.5) is 0 Å². The molecule has 0 bridgehead atoms. The van der Waals surface area contributed by atoms with Gasteiger partial charge in [0.1, 0.15) is 0 Å². The van der Waals surface area contributed by atoms with E-state index in [9.17, 15) is 8.42 Å². The SMILES string of the molecule is COCC[C@@H]1CCOC12CCN(S(=O)(=O)c1ccc(C)cc1)CC2. The minimum absolute atomic E-state index is 0.155. The number of piperidine rings is 1. The first-order chi connectivity index (χ1) is 11.5. The van der Waals surface area contributed by atoms with Gasteiger partial charge in [-0.3, -0.25) is 0 Å². The van der Waals surface area contributed by atoms with Gasteiger partial charge in [0.05, 0.1) is 10.5 Å². The third kappa shape index (κ3) is 3.38. The molecule has 1 aromatic carbocycles. The van der Waals surface area contributed by atoms with Crippen molar-refractivity contribution in [3.63, 3.8) is 0 Å². The van der Waals surface area contributed by atoms with Crippen LogP contribution in [0.15, 0.2) is 29.2 Å². The topological polar surface area (TPSA) is 55.8 Å². The molecule has 2 aliphatic rings. The summed E-state index contributed by atoms with van der Waals surface area (Å²) in [5, 5.41) is 0. The van der Waals surface area contributed by atoms with Crippen molar-refractivity contribution in [2.45, 2.75) is 43.1 Å². The van der Waals surface area contributed by atoms with Crippen molar-refractivity contribution in [1.29, 1.82) is 0 Å². The van der Waals surface area contributed by atoms with Crippen molar-refractivity contribution in [1.82, 2.24) is 4.31 Å². The monoisotopic (exact) mass is 353 g/mol. The van der Waals surface area contributed by atoms with Gasteiger partial charge in [0, 0.05) is 33.4 Å². The van der Waals surface area contributed by atoms with Crippen LogP contribution in [-0.2, 0) is 19.5 Å². The Kier molecular flexibility index (Phi) is 5.30. The molecule has 0 amide bonds. The second-order valence-electron chi connectivity index (χ2n) is 6.90. The molecule has 1 spiro atoms. The Balaban J connectivity index is 1.69. The average molecular weight is 353 g/mol. The summed E-state index contributed by atoms with van der Waals surface area (Å²) in [6, 6.07) is 7.09. The van der Waals surface area contributed by atoms with E-state index in [0.29, 0.717) is 23.9 Å². The number of hydrogen-bond donors (Lipinski definition) is 0. The number of benzene rings is 1. The molecule has 0 unspecified atom stereocenters. The van der Waals surface area contributed by atoms with Crippen LogP contribution in [0.5, 0.6) is 0 Å². The smallest absolute Gasteiger partial charge is 0.243 e. The summed E-state index contributed by atoms with van der Waals surface area (Å²) >= 11 is 0. The van der Waals surface area contributed by atoms with Gasteiger partial charge < -0.3 is 9.47 Å². The highest BCUT2D eigenvalue weighted by Gasteiger charge is 2.47. The third-order valence-corrected chi connectivity index (χ3v) is 7.41. The molecule has 5 nitrogen and oxygen atoms in total. The number of nitrogens with zero attached hydrogens (tertiary/aromatic N) is 1. The van der Waals surface area contributed by atoms with Gasteiger partial charge in [0.15, 0.2) is 0 Å². The minimum atomic E-state index is -3.41. The van der Waals surface area contributed by atoms with E-state index in [1.807, 2.05) is 19.1 Å². The van der Waals surface area contributed by atoms with E-state index in [4.69, 9.17) is 9.47 Å². The lowest BCUT2D eigenvalue weighted by Crippen LogP contribution is -2.49. The summed E-state index contributed by atoms with van der Waals surface area (Å²) in [5.74, 6) is 0.474. The zero-order chi connectivity index (χ0) is 17.2. The summed E-state index contributed by atoms with van der Waals surface area (Å²) in [6.45, 7) is 4.53. The molecule has 0 saturated carbocycles. The summed E-state index contributed by atoms with van der Waals surface area (Å²) in [4.78, 5) is 0.382. The fourth-order valence-corrected chi connectivity index (χ4v) is 5.41. The van der Waals surface area contributed by atoms with Crippen molar-refractivity contribution >= 4 is 10.0 Å². The van der Waals surface area contributed by atoms with E-state index in [1.54, 1.807) is 23.5 Å². The molecule has 3 rings (SSSR count). The fraction of sp³-hybridized carbons (Fsp3) is 0.667. The largest absolute Gasteiger partial charge is 0.385 e. The zero-order valence-electron chi connectivity index (χ0n) is 14.5. The Bertz CT molecular complexity index is 648. The van der Waals surface area contributed by atoms with Gasteiger partial charge in [-0.2, -0.15) is 4.31 Å². The molecular weight excluding hydrogens is 326 g/mol. The molecule has 0 aromatic heterocycles. The Morgan fingerprint density at radius 1 is 1.25 bits per heavy atom. The second-order valence-corrected chi connectivity index (χ2v) is 8.84. The lowest BCUT2D eigenvalue weighted by Gasteiger charge is -2.41. The van der Waals surface area contributed by atoms with Crippen LogP contribution in [0, 0.1) is 12.8 Å². The molecule has 2 aliphatic heterocycles. The normalized spacial score (nSPS) is 24.5. The highest BCUT2D eigenvalue weighted by molar-refractivity contribution is 7.89. The van der Waals surface area contributed by atoms with E-state index in [2.05, 4.69) is 0 Å². The maximum Gasteiger partial charge on any atom is 0.243 e. The molecular formula is C18H27NO4S. The zero-order valence-corrected chi connectivity index (χ0v) is 15.3. The van der Waals surface area contributed by atoms with Crippen molar-refractivity contribution in [3.8, 4) is 0 Å². The number of ether oxygens (including phenoxy) is 2. The molecule has 2 heterocycles. The van der Waals surface area contributed by atoms with Crippen molar-refractivity contribution in [3.05, 3.63) is 29.8 Å². The Hall–Kier alpha value is -0.950. The van der Waals surface area contributed by atoms with Gasteiger partial charge in [-0.25, -0.2) is 8.42 Å². The van der Waals surface area contributed by atoms with Gasteiger partial charge in [0.25, 0.3) is 0 Å². The number of aryl methyl sites for hydroxylation is 1. The van der Waals surface area contributed by atoms with Gasteiger partial charge >= 0.3 is 0 Å². The first-order valence-corrected chi connectivity index (χ1v) is 10.1. The molecule has 134 valence electrons. The Morgan fingerprint density at radius 3 is 2.54 bits per heavy atom. The maximum absolute atomic E-state index is 12.8. The van der Waals surface area contributed by atoms with Crippen molar-refractivity contribution < 1.29 is 17.9 Å². The molecule has 1 atom stereocenters. The lowest BCUT2D eigenvalue weighted by atomic mass is 9.78.